The number of hydrogen-bond acceptors (Lipinski definition) is 6. The Morgan fingerprint density at radius 1 is 0.846 bits per heavy atom. The molecule has 0 aliphatic heterocycles. The van der Waals surface area contributed by atoms with Gasteiger partial charge in [0.25, 0.3) is 10.1 Å². The van der Waals surface area contributed by atoms with Crippen LogP contribution in [0, 0.1) is 5.92 Å². The summed E-state index contributed by atoms with van der Waals surface area (Å²) in [7, 11) is -4.35. The average Bonchev–Trinajstić information content (AvgIpc) is 2.94. The van der Waals surface area contributed by atoms with Crippen molar-refractivity contribution in [2.45, 2.75) is 61.7 Å². The maximum Gasteiger partial charge on any atom is 0.311 e. The molecule has 2 bridgehead atoms. The lowest BCUT2D eigenvalue weighted by Crippen LogP contribution is -2.37. The fourth-order valence-electron chi connectivity index (χ4n) is 6.68. The number of esters is 2. The summed E-state index contributed by atoms with van der Waals surface area (Å²) in [6.45, 7) is 0.116. The first-order valence-electron chi connectivity index (χ1n) is 13.5. The Morgan fingerprint density at radius 2 is 1.46 bits per heavy atom. The maximum absolute atomic E-state index is 13.2. The number of hydrogen-bond donors (Lipinski definition) is 1. The molecule has 3 aromatic carbocycles. The van der Waals surface area contributed by atoms with Crippen LogP contribution in [0.2, 0.25) is 0 Å². The number of ether oxygens (including phenoxy) is 2. The van der Waals surface area contributed by atoms with E-state index >= 15 is 0 Å². The molecule has 202 valence electrons. The van der Waals surface area contributed by atoms with Crippen LogP contribution in [0.4, 0.5) is 0 Å². The molecule has 3 aromatic rings. The highest BCUT2D eigenvalue weighted by atomic mass is 32.2. The zero-order chi connectivity index (χ0) is 27.1. The zero-order valence-electron chi connectivity index (χ0n) is 21.5. The van der Waals surface area contributed by atoms with Crippen molar-refractivity contribution in [1.29, 1.82) is 0 Å². The third-order valence-electron chi connectivity index (χ3n) is 8.33. The minimum Gasteiger partial charge on any atom is -0.465 e. The van der Waals surface area contributed by atoms with Crippen molar-refractivity contribution in [3.8, 4) is 5.75 Å². The van der Waals surface area contributed by atoms with Crippen molar-refractivity contribution >= 4 is 22.1 Å². The minimum absolute atomic E-state index is 0.0308. The van der Waals surface area contributed by atoms with Crippen LogP contribution < -0.4 is 4.74 Å². The molecule has 1 atom stereocenters. The van der Waals surface area contributed by atoms with Crippen LogP contribution in [0.1, 0.15) is 77.3 Å². The molecule has 0 fully saturated rings. The SMILES string of the molecule is O=C(CCCOC(=O)C1CC2c3ccccc3C1c1ccccc12)Oc1ccc(S(=O)(=O)O)c2c1CCCC2. The molecule has 0 aromatic heterocycles. The van der Waals surface area contributed by atoms with Crippen LogP contribution in [-0.4, -0.2) is 31.5 Å². The number of carbonyl (C=O) groups is 2. The van der Waals surface area contributed by atoms with E-state index in [2.05, 4.69) is 24.3 Å². The molecule has 0 radical (unpaired) electrons. The van der Waals surface area contributed by atoms with E-state index in [9.17, 15) is 22.6 Å². The molecule has 0 amide bonds. The average molecular weight is 547 g/mol. The predicted molar refractivity (Wildman–Crippen MR) is 143 cm³/mol. The van der Waals surface area contributed by atoms with Crippen LogP contribution in [-0.2, 0) is 37.3 Å². The Bertz CT molecular complexity index is 1510. The molecular weight excluding hydrogens is 516 g/mol. The first kappa shape index (κ1) is 25.8. The molecule has 0 spiro atoms. The Kier molecular flexibility index (Phi) is 6.77. The van der Waals surface area contributed by atoms with Crippen LogP contribution in [0.5, 0.6) is 5.75 Å². The van der Waals surface area contributed by atoms with Crippen LogP contribution >= 0.6 is 0 Å². The van der Waals surface area contributed by atoms with E-state index in [1.165, 1.54) is 34.4 Å². The van der Waals surface area contributed by atoms with E-state index in [1.54, 1.807) is 0 Å². The fourth-order valence-corrected chi connectivity index (χ4v) is 7.45. The van der Waals surface area contributed by atoms with Gasteiger partial charge in [-0.05, 0) is 84.0 Å². The summed E-state index contributed by atoms with van der Waals surface area (Å²) in [5, 5.41) is 0. The van der Waals surface area contributed by atoms with Crippen LogP contribution in [0.15, 0.2) is 65.6 Å². The van der Waals surface area contributed by atoms with Gasteiger partial charge in [-0.3, -0.25) is 14.1 Å². The lowest BCUT2D eigenvalue weighted by molar-refractivity contribution is -0.150. The molecule has 4 aliphatic carbocycles. The summed E-state index contributed by atoms with van der Waals surface area (Å²) in [6, 6.07) is 19.4. The molecule has 1 N–H and O–H groups in total. The van der Waals surface area contributed by atoms with Gasteiger partial charge in [-0.25, -0.2) is 0 Å². The fraction of sp³-hybridized carbons (Fsp3) is 0.355. The quantitative estimate of drug-likeness (QED) is 0.185. The van der Waals surface area contributed by atoms with Gasteiger partial charge in [0.15, 0.2) is 0 Å². The molecule has 0 heterocycles. The lowest BCUT2D eigenvalue weighted by atomic mass is 9.59. The number of carbonyl (C=O) groups excluding carboxylic acids is 2. The van der Waals surface area contributed by atoms with Gasteiger partial charge in [-0.15, -0.1) is 0 Å². The Balaban J connectivity index is 1.07. The molecule has 39 heavy (non-hydrogen) atoms. The number of benzene rings is 3. The molecule has 0 saturated heterocycles. The second kappa shape index (κ2) is 10.2. The highest BCUT2D eigenvalue weighted by Crippen LogP contribution is 2.55. The van der Waals surface area contributed by atoms with E-state index in [-0.39, 0.29) is 41.6 Å². The maximum atomic E-state index is 13.2. The van der Waals surface area contributed by atoms with Gasteiger partial charge in [0.1, 0.15) is 5.75 Å². The van der Waals surface area contributed by atoms with Crippen molar-refractivity contribution in [2.75, 3.05) is 6.61 Å². The Hall–Kier alpha value is -3.49. The monoisotopic (exact) mass is 546 g/mol. The molecular formula is C31H30O7S. The van der Waals surface area contributed by atoms with Crippen molar-refractivity contribution in [3.05, 3.63) is 94.0 Å². The van der Waals surface area contributed by atoms with E-state index in [0.717, 1.165) is 12.8 Å². The van der Waals surface area contributed by atoms with Crippen LogP contribution in [0.25, 0.3) is 0 Å². The largest absolute Gasteiger partial charge is 0.465 e. The zero-order valence-corrected chi connectivity index (χ0v) is 22.3. The van der Waals surface area contributed by atoms with Gasteiger partial charge in [-0.1, -0.05) is 48.5 Å². The van der Waals surface area contributed by atoms with Gasteiger partial charge in [-0.2, -0.15) is 8.42 Å². The van der Waals surface area contributed by atoms with Crippen molar-refractivity contribution in [1.82, 2.24) is 0 Å². The normalized spacial score (nSPS) is 20.9. The number of rotatable bonds is 7. The van der Waals surface area contributed by atoms with Gasteiger partial charge < -0.3 is 9.47 Å². The summed E-state index contributed by atoms with van der Waals surface area (Å²) < 4.78 is 44.3. The summed E-state index contributed by atoms with van der Waals surface area (Å²) in [4.78, 5) is 25.7. The third-order valence-corrected chi connectivity index (χ3v) is 9.27. The first-order valence-corrected chi connectivity index (χ1v) is 14.9. The molecule has 4 aliphatic rings. The summed E-state index contributed by atoms with van der Waals surface area (Å²) in [5.41, 5.74) is 6.15. The van der Waals surface area contributed by atoms with Crippen LogP contribution in [0.3, 0.4) is 0 Å². The highest BCUT2D eigenvalue weighted by Gasteiger charge is 2.46. The molecule has 8 heteroatoms. The van der Waals surface area contributed by atoms with Gasteiger partial charge in [0.2, 0.25) is 0 Å². The molecule has 7 rings (SSSR count). The van der Waals surface area contributed by atoms with Crippen molar-refractivity contribution in [3.63, 3.8) is 0 Å². The summed E-state index contributed by atoms with van der Waals surface area (Å²) in [6.07, 6.45) is 3.83. The van der Waals surface area contributed by atoms with Crippen molar-refractivity contribution in [2.24, 2.45) is 5.92 Å². The topological polar surface area (TPSA) is 107 Å². The third kappa shape index (κ3) is 4.76. The Labute approximate surface area is 227 Å². The second-order valence-corrected chi connectivity index (χ2v) is 12.0. The van der Waals surface area contributed by atoms with E-state index in [0.29, 0.717) is 42.6 Å². The molecule has 0 saturated carbocycles. The molecule has 7 nitrogen and oxygen atoms in total. The number of fused-ring (bicyclic) bond motifs is 2. The van der Waals surface area contributed by atoms with Gasteiger partial charge >= 0.3 is 11.9 Å². The van der Waals surface area contributed by atoms with Gasteiger partial charge in [0.05, 0.1) is 17.4 Å². The minimum atomic E-state index is -4.35. The predicted octanol–water partition coefficient (Wildman–Crippen LogP) is 5.34. The molecule has 1 unspecified atom stereocenters. The smallest absolute Gasteiger partial charge is 0.311 e. The second-order valence-electron chi connectivity index (χ2n) is 10.6. The van der Waals surface area contributed by atoms with E-state index < -0.39 is 16.1 Å². The highest BCUT2D eigenvalue weighted by molar-refractivity contribution is 7.85. The van der Waals surface area contributed by atoms with Gasteiger partial charge in [0, 0.05) is 18.3 Å². The first-order chi connectivity index (χ1) is 18.8. The lowest BCUT2D eigenvalue weighted by Gasteiger charge is -2.44. The summed E-state index contributed by atoms with van der Waals surface area (Å²) in [5.74, 6) is -0.505. The van der Waals surface area contributed by atoms with E-state index in [1.807, 2.05) is 24.3 Å². The summed E-state index contributed by atoms with van der Waals surface area (Å²) >= 11 is 0. The Morgan fingerprint density at radius 3 is 2.10 bits per heavy atom. The van der Waals surface area contributed by atoms with Crippen molar-refractivity contribution < 1.29 is 32.0 Å². The standard InChI is InChI=1S/C31H30O7S/c32-29(38-27-15-16-28(39(34,35)36)22-11-4-3-10-21(22)27)14-7-17-37-31(33)26-18-25-19-8-1-5-12-23(19)30(26)24-13-6-2-9-20(24)25/h1-2,5-6,8-9,12-13,15-16,25-26,30H,3-4,7,10-11,14,17-18H2,(H,34,35,36). The van der Waals surface area contributed by atoms with E-state index in [4.69, 9.17) is 9.47 Å².